The molecular formula is C27H18BrClO5. The van der Waals surface area contributed by atoms with Crippen molar-refractivity contribution in [1.82, 2.24) is 0 Å². The summed E-state index contributed by atoms with van der Waals surface area (Å²) in [6.07, 6.45) is 0. The summed E-state index contributed by atoms with van der Waals surface area (Å²) >= 11 is 3.85. The van der Waals surface area contributed by atoms with Gasteiger partial charge in [-0.1, -0.05) is 78.9 Å². The van der Waals surface area contributed by atoms with Crippen LogP contribution in [0.25, 0.3) is 44.9 Å². The van der Waals surface area contributed by atoms with Crippen molar-refractivity contribution in [2.45, 2.75) is 0 Å². The number of rotatable bonds is 3. The van der Waals surface area contributed by atoms with Crippen molar-refractivity contribution in [3.63, 3.8) is 0 Å². The summed E-state index contributed by atoms with van der Waals surface area (Å²) in [6.45, 7) is 0. The van der Waals surface area contributed by atoms with Gasteiger partial charge in [0.1, 0.15) is 4.47 Å². The third-order valence-corrected chi connectivity index (χ3v) is 5.89. The molecule has 0 spiro atoms. The van der Waals surface area contributed by atoms with Gasteiger partial charge < -0.3 is 0 Å². The van der Waals surface area contributed by atoms with Crippen LogP contribution in [0.1, 0.15) is 0 Å². The van der Waals surface area contributed by atoms with Gasteiger partial charge in [0, 0.05) is 5.56 Å². The fourth-order valence-corrected chi connectivity index (χ4v) is 4.30. The molecule has 0 unspecified atom stereocenters. The van der Waals surface area contributed by atoms with E-state index >= 15 is 0 Å². The van der Waals surface area contributed by atoms with Gasteiger partial charge in [0.15, 0.2) is 0 Å². The molecule has 1 heterocycles. The first-order valence-corrected chi connectivity index (χ1v) is 12.2. The Hall–Kier alpha value is -3.10. The SMILES string of the molecule is Brc1c(-c2ccc3cccccc2-3)cc(-c2ccccc2)[o+]c1-c1ccccc1.[O-][Cl+3]([O-])([O-])[O-]. The van der Waals surface area contributed by atoms with E-state index in [-0.39, 0.29) is 0 Å². The monoisotopic (exact) mass is 536 g/mol. The molecule has 0 bridgehead atoms. The third kappa shape index (κ3) is 5.87. The molecule has 5 rings (SSSR count). The second kappa shape index (κ2) is 10.4. The van der Waals surface area contributed by atoms with Gasteiger partial charge in [-0.25, -0.2) is 23.1 Å². The predicted molar refractivity (Wildman–Crippen MR) is 124 cm³/mol. The molecule has 5 nitrogen and oxygen atoms in total. The lowest BCUT2D eigenvalue weighted by molar-refractivity contribution is -2.00. The largest absolute Gasteiger partial charge is 0.375 e. The van der Waals surface area contributed by atoms with Crippen molar-refractivity contribution in [2.75, 3.05) is 0 Å². The smallest absolute Gasteiger partial charge is 0.222 e. The highest BCUT2D eigenvalue weighted by Crippen LogP contribution is 2.44. The summed E-state index contributed by atoms with van der Waals surface area (Å²) in [7, 11) is -4.94. The predicted octanol–water partition coefficient (Wildman–Crippen LogP) is 3.67. The lowest BCUT2D eigenvalue weighted by Crippen LogP contribution is -2.68. The molecule has 0 N–H and O–H groups in total. The van der Waals surface area contributed by atoms with Crippen molar-refractivity contribution in [2.24, 2.45) is 0 Å². The number of benzene rings is 2. The zero-order valence-electron chi connectivity index (χ0n) is 17.7. The quantitative estimate of drug-likeness (QED) is 0.327. The Bertz CT molecular complexity index is 1350. The van der Waals surface area contributed by atoms with E-state index in [1.165, 1.54) is 16.7 Å². The fraction of sp³-hybridized carbons (Fsp3) is 0. The van der Waals surface area contributed by atoms with Gasteiger partial charge in [-0.3, -0.25) is 0 Å². The van der Waals surface area contributed by atoms with Crippen molar-refractivity contribution < 1.29 is 33.3 Å². The van der Waals surface area contributed by atoms with Gasteiger partial charge in [0.25, 0.3) is 0 Å². The first-order valence-electron chi connectivity index (χ1n) is 10.2. The van der Waals surface area contributed by atoms with Crippen LogP contribution in [-0.2, 0) is 0 Å². The zero-order valence-corrected chi connectivity index (χ0v) is 20.0. The maximum atomic E-state index is 8.49. The Labute approximate surface area is 207 Å². The molecule has 3 aromatic rings. The van der Waals surface area contributed by atoms with Crippen LogP contribution in [0.3, 0.4) is 0 Å². The summed E-state index contributed by atoms with van der Waals surface area (Å²) in [6, 6.07) is 37.5. The van der Waals surface area contributed by atoms with E-state index < -0.39 is 10.2 Å². The minimum Gasteiger partial charge on any atom is -0.222 e. The van der Waals surface area contributed by atoms with E-state index in [9.17, 15) is 0 Å². The summed E-state index contributed by atoms with van der Waals surface area (Å²) in [5, 5.41) is 0. The van der Waals surface area contributed by atoms with Crippen LogP contribution >= 0.6 is 15.9 Å². The molecule has 0 aliphatic heterocycles. The van der Waals surface area contributed by atoms with E-state index in [2.05, 4.69) is 88.7 Å². The molecule has 170 valence electrons. The van der Waals surface area contributed by atoms with Gasteiger partial charge in [-0.2, -0.15) is 0 Å². The standard InChI is InChI=1S/C27H18BrO.ClHO4/c28-26-24(23-17-16-19-10-4-3-9-15-22(19)23)18-25(20-11-5-1-6-12-20)29-27(26)21-13-7-2-8-14-21;2-1(3,4)5/h1-18H;(H,2,3,4,5)/q+1;/p-1. The van der Waals surface area contributed by atoms with Gasteiger partial charge in [-0.05, 0) is 56.9 Å². The second-order valence-corrected chi connectivity index (χ2v) is 8.85. The molecule has 0 radical (unpaired) electrons. The van der Waals surface area contributed by atoms with E-state index in [0.717, 1.165) is 32.7 Å². The van der Waals surface area contributed by atoms with Crippen molar-refractivity contribution in [1.29, 1.82) is 0 Å². The van der Waals surface area contributed by atoms with E-state index in [1.807, 2.05) is 36.4 Å². The molecule has 0 amide bonds. The van der Waals surface area contributed by atoms with Crippen LogP contribution in [0.5, 0.6) is 0 Å². The number of hydrogen-bond acceptors (Lipinski definition) is 4. The average Bonchev–Trinajstić information content (AvgIpc) is 3.07. The third-order valence-electron chi connectivity index (χ3n) is 5.10. The maximum Gasteiger partial charge on any atom is 0.375 e. The highest BCUT2D eigenvalue weighted by Gasteiger charge is 2.27. The van der Waals surface area contributed by atoms with E-state index in [0.29, 0.717) is 0 Å². The average molecular weight is 538 g/mol. The highest BCUT2D eigenvalue weighted by molar-refractivity contribution is 9.10. The number of hydrogen-bond donors (Lipinski definition) is 0. The van der Waals surface area contributed by atoms with Crippen LogP contribution in [-0.4, -0.2) is 0 Å². The van der Waals surface area contributed by atoms with Crippen molar-refractivity contribution in [3.8, 4) is 44.9 Å². The van der Waals surface area contributed by atoms with Gasteiger partial charge in [0.05, 0.1) is 17.2 Å². The molecule has 1 aromatic heterocycles. The normalized spacial score (nSPS) is 11.1. The molecule has 2 aromatic carbocycles. The van der Waals surface area contributed by atoms with Crippen molar-refractivity contribution >= 4 is 15.9 Å². The highest BCUT2D eigenvalue weighted by atomic mass is 79.9. The molecule has 2 aliphatic rings. The molecule has 0 atom stereocenters. The van der Waals surface area contributed by atoms with Crippen LogP contribution in [0.2, 0.25) is 0 Å². The molecule has 7 heteroatoms. The van der Waals surface area contributed by atoms with E-state index in [4.69, 9.17) is 23.1 Å². The van der Waals surface area contributed by atoms with Crippen LogP contribution < -0.4 is 18.6 Å². The molecular weight excluding hydrogens is 520 g/mol. The van der Waals surface area contributed by atoms with Crippen LogP contribution in [0.4, 0.5) is 0 Å². The Morgan fingerprint density at radius 3 is 1.62 bits per heavy atom. The molecule has 2 aliphatic carbocycles. The number of fused-ring (bicyclic) bond motifs is 1. The summed E-state index contributed by atoms with van der Waals surface area (Å²) in [5.74, 6) is 1.67. The molecule has 0 saturated heterocycles. The van der Waals surface area contributed by atoms with Crippen LogP contribution in [0.15, 0.2) is 118 Å². The Morgan fingerprint density at radius 2 is 1.03 bits per heavy atom. The Morgan fingerprint density at radius 1 is 0.529 bits per heavy atom. The topological polar surface area (TPSA) is 104 Å². The molecule has 0 saturated carbocycles. The maximum absolute atomic E-state index is 8.49. The zero-order chi connectivity index (χ0) is 24.1. The lowest BCUT2D eigenvalue weighted by Gasteiger charge is -2.17. The van der Waals surface area contributed by atoms with Crippen LogP contribution in [0, 0.1) is 10.2 Å². The number of halogens is 2. The minimum absolute atomic E-state index is 0.830. The first kappa shape index (κ1) is 24.0. The summed E-state index contributed by atoms with van der Waals surface area (Å²) in [5.41, 5.74) is 6.85. The summed E-state index contributed by atoms with van der Waals surface area (Å²) < 4.78 is 41.3. The lowest BCUT2D eigenvalue weighted by atomic mass is 9.99. The summed E-state index contributed by atoms with van der Waals surface area (Å²) in [4.78, 5) is 0. The van der Waals surface area contributed by atoms with E-state index in [1.54, 1.807) is 0 Å². The van der Waals surface area contributed by atoms with Gasteiger partial charge in [-0.15, -0.1) is 10.2 Å². The van der Waals surface area contributed by atoms with Gasteiger partial charge >= 0.3 is 11.5 Å². The Kier molecular flexibility index (Phi) is 7.38. The fourth-order valence-electron chi connectivity index (χ4n) is 3.67. The molecule has 0 fully saturated rings. The Balaban J connectivity index is 0.000000499. The van der Waals surface area contributed by atoms with Crippen molar-refractivity contribution in [3.05, 3.63) is 114 Å². The first-order chi connectivity index (χ1) is 16.3. The minimum atomic E-state index is -4.94. The second-order valence-electron chi connectivity index (χ2n) is 7.30. The molecule has 34 heavy (non-hydrogen) atoms. The van der Waals surface area contributed by atoms with Gasteiger partial charge in [0.2, 0.25) is 0 Å².